The second-order valence-electron chi connectivity index (χ2n) is 5.28. The molecule has 0 radical (unpaired) electrons. The van der Waals surface area contributed by atoms with E-state index in [9.17, 15) is 13.6 Å². The lowest BCUT2D eigenvalue weighted by atomic mass is 10.1. The number of halogens is 2. The van der Waals surface area contributed by atoms with Crippen molar-refractivity contribution >= 4 is 5.91 Å². The Bertz CT molecular complexity index is 875. The van der Waals surface area contributed by atoms with Crippen LogP contribution in [-0.2, 0) is 6.54 Å². The number of amides is 1. The van der Waals surface area contributed by atoms with Crippen molar-refractivity contribution in [2.45, 2.75) is 13.5 Å². The van der Waals surface area contributed by atoms with Crippen LogP contribution in [-0.4, -0.2) is 21.1 Å². The summed E-state index contributed by atoms with van der Waals surface area (Å²) < 4.78 is 26.0. The van der Waals surface area contributed by atoms with Crippen molar-refractivity contribution in [1.82, 2.24) is 20.5 Å². The van der Waals surface area contributed by atoms with Crippen molar-refractivity contribution in [3.05, 3.63) is 71.1 Å². The van der Waals surface area contributed by atoms with Crippen molar-refractivity contribution in [1.29, 1.82) is 0 Å². The van der Waals surface area contributed by atoms with E-state index in [1.807, 2.05) is 31.2 Å². The van der Waals surface area contributed by atoms with Gasteiger partial charge >= 0.3 is 0 Å². The van der Waals surface area contributed by atoms with Gasteiger partial charge in [-0.3, -0.25) is 9.89 Å². The monoisotopic (exact) mass is 328 g/mol. The Labute approximate surface area is 136 Å². The third-order valence-electron chi connectivity index (χ3n) is 3.44. The van der Waals surface area contributed by atoms with Crippen molar-refractivity contribution in [2.24, 2.45) is 0 Å². The maximum absolute atomic E-state index is 13.1. The average molecular weight is 328 g/mol. The minimum Gasteiger partial charge on any atom is -0.345 e. The molecule has 7 heteroatoms. The molecule has 0 aliphatic heterocycles. The first-order valence-electron chi connectivity index (χ1n) is 7.24. The number of nitrogens with zero attached hydrogens (tertiary/aromatic N) is 2. The molecule has 1 amide bonds. The first kappa shape index (κ1) is 15.8. The molecular weight excluding hydrogens is 314 g/mol. The van der Waals surface area contributed by atoms with Gasteiger partial charge in [-0.15, -0.1) is 0 Å². The van der Waals surface area contributed by atoms with Gasteiger partial charge in [0, 0.05) is 11.1 Å². The minimum atomic E-state index is -1.07. The zero-order valence-corrected chi connectivity index (χ0v) is 12.8. The maximum atomic E-state index is 13.1. The molecule has 0 saturated heterocycles. The quantitative estimate of drug-likeness (QED) is 0.773. The molecule has 0 fully saturated rings. The van der Waals surface area contributed by atoms with Crippen LogP contribution in [0.15, 0.2) is 42.5 Å². The lowest BCUT2D eigenvalue weighted by Crippen LogP contribution is -2.23. The summed E-state index contributed by atoms with van der Waals surface area (Å²) in [5, 5.41) is 9.41. The highest BCUT2D eigenvalue weighted by Crippen LogP contribution is 2.15. The van der Waals surface area contributed by atoms with E-state index >= 15 is 0 Å². The molecule has 2 aromatic carbocycles. The number of rotatable bonds is 4. The van der Waals surface area contributed by atoms with Crippen molar-refractivity contribution < 1.29 is 13.6 Å². The van der Waals surface area contributed by atoms with Gasteiger partial charge in [0.2, 0.25) is 0 Å². The Morgan fingerprint density at radius 1 is 1.12 bits per heavy atom. The number of carbonyl (C=O) groups excluding carboxylic acids is 1. The first-order chi connectivity index (χ1) is 11.5. The Balaban J connectivity index is 1.65. The standard InChI is InChI=1S/C17H14F2N4O/c1-10-2-4-11(5-3-10)16-21-15(22-23-16)9-20-17(24)12-6-7-13(18)14(19)8-12/h2-8H,9H2,1H3,(H,20,24)(H,21,22,23). The van der Waals surface area contributed by atoms with E-state index in [2.05, 4.69) is 20.5 Å². The van der Waals surface area contributed by atoms with Crippen molar-refractivity contribution in [3.63, 3.8) is 0 Å². The fourth-order valence-electron chi connectivity index (χ4n) is 2.11. The molecule has 122 valence electrons. The number of nitrogens with one attached hydrogen (secondary N) is 2. The minimum absolute atomic E-state index is 0.0344. The highest BCUT2D eigenvalue weighted by molar-refractivity contribution is 5.94. The average Bonchev–Trinajstić information content (AvgIpc) is 3.05. The third-order valence-corrected chi connectivity index (χ3v) is 3.44. The molecule has 24 heavy (non-hydrogen) atoms. The number of H-pyrrole nitrogens is 1. The number of benzene rings is 2. The van der Waals surface area contributed by atoms with E-state index in [1.54, 1.807) is 0 Å². The molecule has 0 saturated carbocycles. The Morgan fingerprint density at radius 2 is 1.88 bits per heavy atom. The third kappa shape index (κ3) is 3.45. The summed E-state index contributed by atoms with van der Waals surface area (Å²) in [6.45, 7) is 2.08. The normalized spacial score (nSPS) is 10.6. The van der Waals surface area contributed by atoms with Gasteiger partial charge < -0.3 is 5.32 Å². The lowest BCUT2D eigenvalue weighted by molar-refractivity contribution is 0.0949. The molecule has 2 N–H and O–H groups in total. The summed E-state index contributed by atoms with van der Waals surface area (Å²) in [5.74, 6) is -1.61. The van der Waals surface area contributed by atoms with Gasteiger partial charge in [-0.1, -0.05) is 29.8 Å². The van der Waals surface area contributed by atoms with Gasteiger partial charge in [0.25, 0.3) is 5.91 Å². The highest BCUT2D eigenvalue weighted by atomic mass is 19.2. The zero-order valence-electron chi connectivity index (χ0n) is 12.8. The molecule has 0 atom stereocenters. The Hall–Kier alpha value is -3.09. The summed E-state index contributed by atoms with van der Waals surface area (Å²) in [7, 11) is 0. The summed E-state index contributed by atoms with van der Waals surface area (Å²) in [4.78, 5) is 16.2. The number of aryl methyl sites for hydroxylation is 1. The van der Waals surface area contributed by atoms with Crippen LogP contribution in [0.25, 0.3) is 11.4 Å². The number of carbonyl (C=O) groups is 1. The second-order valence-corrected chi connectivity index (χ2v) is 5.28. The van der Waals surface area contributed by atoms with Crippen LogP contribution in [0.1, 0.15) is 21.7 Å². The van der Waals surface area contributed by atoms with Crippen molar-refractivity contribution in [2.75, 3.05) is 0 Å². The summed E-state index contributed by atoms with van der Waals surface area (Å²) in [6, 6.07) is 10.7. The molecule has 0 unspecified atom stereocenters. The van der Waals surface area contributed by atoms with Crippen LogP contribution >= 0.6 is 0 Å². The van der Waals surface area contributed by atoms with E-state index in [0.29, 0.717) is 11.6 Å². The predicted molar refractivity (Wildman–Crippen MR) is 84.1 cm³/mol. The maximum Gasteiger partial charge on any atom is 0.251 e. The molecule has 0 spiro atoms. The van der Waals surface area contributed by atoms with Crippen LogP contribution in [0.2, 0.25) is 0 Å². The fourth-order valence-corrected chi connectivity index (χ4v) is 2.11. The predicted octanol–water partition coefficient (Wildman–Crippen LogP) is 2.99. The molecule has 1 heterocycles. The molecule has 0 aliphatic rings. The smallest absolute Gasteiger partial charge is 0.251 e. The largest absolute Gasteiger partial charge is 0.345 e. The molecule has 1 aromatic heterocycles. The summed E-state index contributed by atoms with van der Waals surface area (Å²) in [5.41, 5.74) is 2.02. The molecule has 5 nitrogen and oxygen atoms in total. The lowest BCUT2D eigenvalue weighted by Gasteiger charge is -2.03. The Morgan fingerprint density at radius 3 is 2.58 bits per heavy atom. The fraction of sp³-hybridized carbons (Fsp3) is 0.118. The number of aromatic nitrogens is 3. The zero-order chi connectivity index (χ0) is 17.1. The van der Waals surface area contributed by atoms with E-state index in [-0.39, 0.29) is 12.1 Å². The second kappa shape index (κ2) is 6.57. The number of hydrogen-bond acceptors (Lipinski definition) is 3. The van der Waals surface area contributed by atoms with Gasteiger partial charge in [-0.05, 0) is 25.1 Å². The van der Waals surface area contributed by atoms with E-state index in [4.69, 9.17) is 0 Å². The number of aromatic amines is 1. The van der Waals surface area contributed by atoms with Crippen LogP contribution in [0, 0.1) is 18.6 Å². The molecule has 3 rings (SSSR count). The molecule has 0 aliphatic carbocycles. The van der Waals surface area contributed by atoms with Crippen LogP contribution < -0.4 is 5.32 Å². The van der Waals surface area contributed by atoms with Gasteiger partial charge in [0.15, 0.2) is 17.5 Å². The van der Waals surface area contributed by atoms with Gasteiger partial charge in [-0.25, -0.2) is 13.8 Å². The highest BCUT2D eigenvalue weighted by Gasteiger charge is 2.11. The van der Waals surface area contributed by atoms with Gasteiger partial charge in [0.1, 0.15) is 5.82 Å². The SMILES string of the molecule is Cc1ccc(-c2n[nH]c(CNC(=O)c3ccc(F)c(F)c3)n2)cc1. The van der Waals surface area contributed by atoms with Gasteiger partial charge in [-0.2, -0.15) is 5.10 Å². The van der Waals surface area contributed by atoms with Crippen LogP contribution in [0.3, 0.4) is 0 Å². The summed E-state index contributed by atoms with van der Waals surface area (Å²) >= 11 is 0. The van der Waals surface area contributed by atoms with E-state index < -0.39 is 17.5 Å². The Kier molecular flexibility index (Phi) is 4.33. The summed E-state index contributed by atoms with van der Waals surface area (Å²) in [6.07, 6.45) is 0. The van der Waals surface area contributed by atoms with Crippen molar-refractivity contribution in [3.8, 4) is 11.4 Å². The molecular formula is C17H14F2N4O. The van der Waals surface area contributed by atoms with Gasteiger partial charge in [0.05, 0.1) is 6.54 Å². The molecule has 3 aromatic rings. The number of hydrogen-bond donors (Lipinski definition) is 2. The van der Waals surface area contributed by atoms with Crippen LogP contribution in [0.5, 0.6) is 0 Å². The van der Waals surface area contributed by atoms with Crippen LogP contribution in [0.4, 0.5) is 8.78 Å². The topological polar surface area (TPSA) is 70.7 Å². The van der Waals surface area contributed by atoms with E-state index in [1.165, 1.54) is 6.07 Å². The van der Waals surface area contributed by atoms with E-state index in [0.717, 1.165) is 23.3 Å². The first-order valence-corrected chi connectivity index (χ1v) is 7.24. The molecule has 0 bridgehead atoms.